The summed E-state index contributed by atoms with van der Waals surface area (Å²) in [6, 6.07) is 5.44. The Morgan fingerprint density at radius 3 is 2.51 bits per heavy atom. The molecule has 0 saturated carbocycles. The Morgan fingerprint density at radius 1 is 1.06 bits per heavy atom. The Hall–Kier alpha value is -3.89. The van der Waals surface area contributed by atoms with Gasteiger partial charge in [-0.25, -0.2) is 4.98 Å². The molecule has 1 aliphatic heterocycles. The van der Waals surface area contributed by atoms with Gasteiger partial charge < -0.3 is 24.0 Å². The molecule has 4 rings (SSSR count). The number of rotatable bonds is 8. The number of ether oxygens (including phenoxy) is 3. The van der Waals surface area contributed by atoms with Crippen molar-refractivity contribution in [2.75, 3.05) is 51.9 Å². The summed E-state index contributed by atoms with van der Waals surface area (Å²) in [5.41, 5.74) is 2.24. The number of carbonyl (C=O) groups is 2. The van der Waals surface area contributed by atoms with Gasteiger partial charge in [-0.15, -0.1) is 0 Å². The topological polar surface area (TPSA) is 111 Å². The van der Waals surface area contributed by atoms with Crippen LogP contribution in [0.3, 0.4) is 0 Å². The van der Waals surface area contributed by atoms with Gasteiger partial charge >= 0.3 is 5.97 Å². The fourth-order valence-electron chi connectivity index (χ4n) is 4.32. The highest BCUT2D eigenvalue weighted by Crippen LogP contribution is 2.27. The molecule has 0 spiro atoms. The predicted octanol–water partition coefficient (Wildman–Crippen LogP) is 1.45. The minimum Gasteiger partial charge on any atom is -0.497 e. The third-order valence-corrected chi connectivity index (χ3v) is 6.09. The number of hydrogen-bond donors (Lipinski definition) is 0. The normalized spacial score (nSPS) is 13.7. The van der Waals surface area contributed by atoms with Crippen LogP contribution < -0.4 is 14.4 Å². The van der Waals surface area contributed by atoms with Crippen LogP contribution in [0.25, 0.3) is 5.78 Å². The summed E-state index contributed by atoms with van der Waals surface area (Å²) in [4.78, 5) is 38.1. The molecule has 0 N–H and O–H groups in total. The van der Waals surface area contributed by atoms with Crippen molar-refractivity contribution in [1.82, 2.24) is 24.5 Å². The summed E-state index contributed by atoms with van der Waals surface area (Å²) in [5.74, 6) is 2.26. The molecule has 1 amide bonds. The van der Waals surface area contributed by atoms with Crippen LogP contribution in [0.5, 0.6) is 11.5 Å². The van der Waals surface area contributed by atoms with Crippen molar-refractivity contribution < 1.29 is 23.8 Å². The van der Waals surface area contributed by atoms with E-state index in [-0.39, 0.29) is 24.7 Å². The molecule has 1 aromatic carbocycles. The zero-order valence-electron chi connectivity index (χ0n) is 20.5. The van der Waals surface area contributed by atoms with E-state index >= 15 is 0 Å². The van der Waals surface area contributed by atoms with E-state index in [4.69, 9.17) is 14.2 Å². The van der Waals surface area contributed by atoms with Crippen LogP contribution in [0.4, 0.5) is 5.82 Å². The van der Waals surface area contributed by atoms with Gasteiger partial charge in [0.2, 0.25) is 5.91 Å². The number of esters is 1. The number of nitrogens with zero attached hydrogens (tertiary/aromatic N) is 6. The van der Waals surface area contributed by atoms with Gasteiger partial charge in [0.05, 0.1) is 33.7 Å². The van der Waals surface area contributed by atoms with Crippen LogP contribution in [0.15, 0.2) is 24.5 Å². The predicted molar refractivity (Wildman–Crippen MR) is 128 cm³/mol. The lowest BCUT2D eigenvalue weighted by Gasteiger charge is -2.37. The van der Waals surface area contributed by atoms with Crippen LogP contribution in [-0.2, 0) is 27.2 Å². The molecule has 0 unspecified atom stereocenters. The van der Waals surface area contributed by atoms with Gasteiger partial charge in [-0.3, -0.25) is 9.59 Å². The number of piperazine rings is 1. The van der Waals surface area contributed by atoms with E-state index in [0.717, 1.165) is 16.9 Å². The van der Waals surface area contributed by atoms with Crippen molar-refractivity contribution in [3.63, 3.8) is 0 Å². The minimum atomic E-state index is -0.320. The Bertz CT molecular complexity index is 1220. The van der Waals surface area contributed by atoms with Gasteiger partial charge in [-0.1, -0.05) is 0 Å². The van der Waals surface area contributed by atoms with Crippen molar-refractivity contribution in [2.24, 2.45) is 0 Å². The van der Waals surface area contributed by atoms with Gasteiger partial charge in [-0.05, 0) is 32.0 Å². The number of anilines is 1. The molecular weight excluding hydrogens is 452 g/mol. The Kier molecular flexibility index (Phi) is 7.33. The molecule has 11 heteroatoms. The number of benzene rings is 1. The molecule has 2 aromatic heterocycles. The van der Waals surface area contributed by atoms with Gasteiger partial charge in [-0.2, -0.15) is 14.6 Å². The van der Waals surface area contributed by atoms with Crippen molar-refractivity contribution in [3.05, 3.63) is 41.3 Å². The lowest BCUT2D eigenvalue weighted by atomic mass is 10.1. The molecule has 3 heterocycles. The second kappa shape index (κ2) is 10.6. The van der Waals surface area contributed by atoms with Gasteiger partial charge in [0, 0.05) is 43.0 Å². The Morgan fingerprint density at radius 2 is 1.83 bits per heavy atom. The SMILES string of the molecule is CCOC(=O)Cc1c(C)nc2ncnn2c1N1CCN(C(=O)Cc2cc(OC)ccc2OC)CC1. The van der Waals surface area contributed by atoms with Crippen LogP contribution in [0.2, 0.25) is 0 Å². The molecule has 35 heavy (non-hydrogen) atoms. The van der Waals surface area contributed by atoms with E-state index in [1.54, 1.807) is 37.8 Å². The summed E-state index contributed by atoms with van der Waals surface area (Å²) >= 11 is 0. The Labute approximate surface area is 203 Å². The van der Waals surface area contributed by atoms with E-state index in [0.29, 0.717) is 55.8 Å². The number of aryl methyl sites for hydroxylation is 1. The smallest absolute Gasteiger partial charge is 0.310 e. The molecule has 0 atom stereocenters. The fraction of sp³-hybridized carbons (Fsp3) is 0.458. The standard InChI is InChI=1S/C24H30N6O5/c1-5-35-22(32)14-19-16(2)27-24-25-15-26-30(24)23(19)29-10-8-28(9-11-29)21(31)13-17-12-18(33-3)6-7-20(17)34-4/h6-7,12,15H,5,8-11,13-14H2,1-4H3. The summed E-state index contributed by atoms with van der Waals surface area (Å²) in [7, 11) is 3.18. The zero-order valence-corrected chi connectivity index (χ0v) is 20.5. The highest BCUT2D eigenvalue weighted by atomic mass is 16.5. The highest BCUT2D eigenvalue weighted by molar-refractivity contribution is 5.80. The van der Waals surface area contributed by atoms with Crippen molar-refractivity contribution in [1.29, 1.82) is 0 Å². The van der Waals surface area contributed by atoms with Crippen LogP contribution in [-0.4, -0.2) is 83.4 Å². The highest BCUT2D eigenvalue weighted by Gasteiger charge is 2.27. The summed E-state index contributed by atoms with van der Waals surface area (Å²) in [6.07, 6.45) is 1.75. The average Bonchev–Trinajstić information content (AvgIpc) is 3.32. The first-order valence-electron chi connectivity index (χ1n) is 11.5. The quantitative estimate of drug-likeness (QED) is 0.440. The molecule has 0 bridgehead atoms. The first-order chi connectivity index (χ1) is 16.9. The lowest BCUT2D eigenvalue weighted by Crippen LogP contribution is -2.50. The third kappa shape index (κ3) is 5.13. The maximum absolute atomic E-state index is 13.1. The Balaban J connectivity index is 1.52. The first kappa shape index (κ1) is 24.2. The number of amides is 1. The first-order valence-corrected chi connectivity index (χ1v) is 11.5. The summed E-state index contributed by atoms with van der Waals surface area (Å²) < 4.78 is 17.5. The number of fused-ring (bicyclic) bond motifs is 1. The molecule has 186 valence electrons. The van der Waals surface area contributed by atoms with Crippen LogP contribution in [0, 0.1) is 6.92 Å². The number of carbonyl (C=O) groups excluding carboxylic acids is 2. The molecule has 3 aromatic rings. The second-order valence-electron chi connectivity index (χ2n) is 8.18. The van der Waals surface area contributed by atoms with Crippen LogP contribution >= 0.6 is 0 Å². The molecule has 0 radical (unpaired) electrons. The van der Waals surface area contributed by atoms with Gasteiger partial charge in [0.15, 0.2) is 0 Å². The summed E-state index contributed by atoms with van der Waals surface area (Å²) in [5, 5.41) is 4.34. The maximum atomic E-state index is 13.1. The minimum absolute atomic E-state index is 0.0137. The largest absolute Gasteiger partial charge is 0.497 e. The van der Waals surface area contributed by atoms with Crippen molar-refractivity contribution >= 4 is 23.5 Å². The monoisotopic (exact) mass is 482 g/mol. The molecule has 1 saturated heterocycles. The van der Waals surface area contributed by atoms with E-state index in [1.807, 2.05) is 17.9 Å². The van der Waals surface area contributed by atoms with Crippen LogP contribution in [0.1, 0.15) is 23.7 Å². The maximum Gasteiger partial charge on any atom is 0.310 e. The molecule has 1 fully saturated rings. The lowest BCUT2D eigenvalue weighted by molar-refractivity contribution is -0.142. The fourth-order valence-corrected chi connectivity index (χ4v) is 4.32. The third-order valence-electron chi connectivity index (χ3n) is 6.09. The molecule has 1 aliphatic rings. The van der Waals surface area contributed by atoms with Crippen molar-refractivity contribution in [3.8, 4) is 11.5 Å². The molecular formula is C24H30N6O5. The zero-order chi connectivity index (χ0) is 24.9. The van der Waals surface area contributed by atoms with E-state index < -0.39 is 0 Å². The van der Waals surface area contributed by atoms with Gasteiger partial charge in [0.25, 0.3) is 5.78 Å². The molecule has 0 aliphatic carbocycles. The molecule has 11 nitrogen and oxygen atoms in total. The number of hydrogen-bond acceptors (Lipinski definition) is 9. The number of aromatic nitrogens is 4. The van der Waals surface area contributed by atoms with E-state index in [9.17, 15) is 9.59 Å². The van der Waals surface area contributed by atoms with Gasteiger partial charge in [0.1, 0.15) is 23.6 Å². The number of methoxy groups -OCH3 is 2. The summed E-state index contributed by atoms with van der Waals surface area (Å²) in [6.45, 7) is 6.16. The van der Waals surface area contributed by atoms with E-state index in [2.05, 4.69) is 20.0 Å². The average molecular weight is 483 g/mol. The second-order valence-corrected chi connectivity index (χ2v) is 8.18. The van der Waals surface area contributed by atoms with E-state index in [1.165, 1.54) is 6.33 Å². The van der Waals surface area contributed by atoms with Crippen molar-refractivity contribution in [2.45, 2.75) is 26.7 Å².